The number of nitrogens with zero attached hydrogens (tertiary/aromatic N) is 4. The lowest BCUT2D eigenvalue weighted by Gasteiger charge is -2.37. The topological polar surface area (TPSA) is 109 Å². The number of benzene rings is 1. The second kappa shape index (κ2) is 15.7. The van der Waals surface area contributed by atoms with Crippen molar-refractivity contribution in [3.63, 3.8) is 0 Å². The summed E-state index contributed by atoms with van der Waals surface area (Å²) in [4.78, 5) is 38.1. The molecule has 45 heavy (non-hydrogen) atoms. The van der Waals surface area contributed by atoms with E-state index in [9.17, 15) is 14.0 Å². The highest BCUT2D eigenvalue weighted by Gasteiger charge is 2.28. The molecule has 2 aromatic rings. The number of hydrogen-bond acceptors (Lipinski definition) is 8. The maximum atomic E-state index is 14.2. The quantitative estimate of drug-likeness (QED) is 0.292. The normalized spacial score (nSPS) is 19.6. The summed E-state index contributed by atoms with van der Waals surface area (Å²) < 4.78 is 25.8. The molecule has 1 aliphatic heterocycles. The van der Waals surface area contributed by atoms with Crippen LogP contribution in [0.5, 0.6) is 11.5 Å². The van der Waals surface area contributed by atoms with Crippen molar-refractivity contribution in [3.8, 4) is 11.5 Å². The van der Waals surface area contributed by atoms with Crippen molar-refractivity contribution in [3.05, 3.63) is 42.1 Å². The minimum Gasteiger partial charge on any atom is -0.451 e. The molecule has 2 heterocycles. The standard InChI is InChI=1S/C34H51FN6O4/c1-7-41(23(2)3)32(42)28-18-26(35)10-13-29(28)44-30-20-36-22-38-31(30)37-19-24-14-16-40(17-15-24)21-25-8-11-27(12-9-25)39-33(43)45-34(4,5)6/h10,13,18,20,22-25,27H,7-9,11-12,14-17,19,21H2,1-6H3,(H,39,43)(H,36,37,38)/t25-,27-. The molecule has 10 nitrogen and oxygen atoms in total. The van der Waals surface area contributed by atoms with Crippen LogP contribution < -0.4 is 15.4 Å². The van der Waals surface area contributed by atoms with Crippen molar-refractivity contribution in [2.24, 2.45) is 11.8 Å². The Labute approximate surface area is 267 Å². The van der Waals surface area contributed by atoms with Gasteiger partial charge in [-0.25, -0.2) is 19.2 Å². The highest BCUT2D eigenvalue weighted by atomic mass is 19.1. The van der Waals surface area contributed by atoms with E-state index in [1.54, 1.807) is 11.1 Å². The van der Waals surface area contributed by atoms with Crippen molar-refractivity contribution >= 4 is 17.8 Å². The molecule has 1 saturated carbocycles. The summed E-state index contributed by atoms with van der Waals surface area (Å²) in [5.74, 6) is 1.56. The largest absolute Gasteiger partial charge is 0.451 e. The van der Waals surface area contributed by atoms with Crippen molar-refractivity contribution in [1.29, 1.82) is 0 Å². The Hall–Kier alpha value is -3.47. The van der Waals surface area contributed by atoms with Crippen molar-refractivity contribution < 1.29 is 23.5 Å². The molecule has 4 rings (SSSR count). The molecular weight excluding hydrogens is 575 g/mol. The molecule has 1 aromatic carbocycles. The van der Waals surface area contributed by atoms with E-state index in [4.69, 9.17) is 9.47 Å². The van der Waals surface area contributed by atoms with Gasteiger partial charge < -0.3 is 29.9 Å². The Morgan fingerprint density at radius 2 is 1.78 bits per heavy atom. The molecule has 1 aliphatic carbocycles. The predicted octanol–water partition coefficient (Wildman–Crippen LogP) is 6.49. The van der Waals surface area contributed by atoms with Gasteiger partial charge in [0, 0.05) is 31.7 Å². The molecule has 2 fully saturated rings. The summed E-state index contributed by atoms with van der Waals surface area (Å²) in [6.45, 7) is 15.9. The van der Waals surface area contributed by atoms with Gasteiger partial charge in [-0.15, -0.1) is 0 Å². The zero-order chi connectivity index (χ0) is 32.6. The molecule has 2 N–H and O–H groups in total. The fourth-order valence-electron chi connectivity index (χ4n) is 6.24. The maximum absolute atomic E-state index is 14.2. The highest BCUT2D eigenvalue weighted by molar-refractivity contribution is 5.97. The van der Waals surface area contributed by atoms with Crippen LogP contribution in [0, 0.1) is 17.7 Å². The third-order valence-corrected chi connectivity index (χ3v) is 8.64. The number of piperidine rings is 1. The zero-order valence-corrected chi connectivity index (χ0v) is 27.8. The van der Waals surface area contributed by atoms with Gasteiger partial charge in [-0.05, 0) is 123 Å². The summed E-state index contributed by atoms with van der Waals surface area (Å²) in [6, 6.07) is 4.15. The van der Waals surface area contributed by atoms with Gasteiger partial charge in [-0.3, -0.25) is 4.79 Å². The van der Waals surface area contributed by atoms with Gasteiger partial charge >= 0.3 is 6.09 Å². The van der Waals surface area contributed by atoms with Crippen LogP contribution in [-0.4, -0.2) is 82.2 Å². The molecule has 0 radical (unpaired) electrons. The van der Waals surface area contributed by atoms with Crippen LogP contribution in [0.1, 0.15) is 90.4 Å². The molecule has 11 heteroatoms. The van der Waals surface area contributed by atoms with E-state index in [0.29, 0.717) is 29.9 Å². The molecule has 0 unspecified atom stereocenters. The summed E-state index contributed by atoms with van der Waals surface area (Å²) >= 11 is 0. The van der Waals surface area contributed by atoms with Crippen LogP contribution in [0.4, 0.5) is 15.0 Å². The predicted molar refractivity (Wildman–Crippen MR) is 173 cm³/mol. The first-order valence-electron chi connectivity index (χ1n) is 16.5. The lowest BCUT2D eigenvalue weighted by atomic mass is 9.85. The number of nitrogens with one attached hydrogen (secondary N) is 2. The van der Waals surface area contributed by atoms with Crippen LogP contribution in [0.25, 0.3) is 0 Å². The van der Waals surface area contributed by atoms with E-state index >= 15 is 0 Å². The fraction of sp³-hybridized carbons (Fsp3) is 0.647. The van der Waals surface area contributed by atoms with Crippen LogP contribution in [0.2, 0.25) is 0 Å². The molecule has 248 valence electrons. The van der Waals surface area contributed by atoms with Crippen LogP contribution in [0.3, 0.4) is 0 Å². The van der Waals surface area contributed by atoms with E-state index < -0.39 is 11.4 Å². The van der Waals surface area contributed by atoms with E-state index in [1.165, 1.54) is 24.5 Å². The number of amides is 2. The van der Waals surface area contributed by atoms with Crippen molar-refractivity contribution in [2.75, 3.05) is 38.0 Å². The van der Waals surface area contributed by atoms with Crippen LogP contribution in [0.15, 0.2) is 30.7 Å². The molecule has 1 aromatic heterocycles. The molecule has 1 saturated heterocycles. The highest BCUT2D eigenvalue weighted by Crippen LogP contribution is 2.32. The number of aromatic nitrogens is 2. The Bertz CT molecular complexity index is 1270. The summed E-state index contributed by atoms with van der Waals surface area (Å²) in [5.41, 5.74) is -0.311. The van der Waals surface area contributed by atoms with E-state index in [-0.39, 0.29) is 35.4 Å². The fourth-order valence-corrected chi connectivity index (χ4v) is 6.24. The summed E-state index contributed by atoms with van der Waals surface area (Å²) in [5, 5.41) is 6.48. The van der Waals surface area contributed by atoms with Crippen LogP contribution in [-0.2, 0) is 4.74 Å². The second-order valence-electron chi connectivity index (χ2n) is 13.7. The van der Waals surface area contributed by atoms with Gasteiger partial charge in [-0.2, -0.15) is 0 Å². The van der Waals surface area contributed by atoms with Gasteiger partial charge in [0.15, 0.2) is 11.6 Å². The molecule has 0 bridgehead atoms. The monoisotopic (exact) mass is 626 g/mol. The molecule has 2 amide bonds. The van der Waals surface area contributed by atoms with E-state index in [0.717, 1.165) is 64.7 Å². The first-order valence-corrected chi connectivity index (χ1v) is 16.5. The number of hydrogen-bond donors (Lipinski definition) is 2. The third-order valence-electron chi connectivity index (χ3n) is 8.64. The molecule has 2 aliphatic rings. The average molecular weight is 627 g/mol. The number of alkyl carbamates (subject to hydrolysis) is 1. The van der Waals surface area contributed by atoms with Gasteiger partial charge in [-0.1, -0.05) is 0 Å². The number of likely N-dealkylation sites (tertiary alicyclic amines) is 1. The first-order chi connectivity index (χ1) is 21.4. The van der Waals surface area contributed by atoms with Crippen molar-refractivity contribution in [1.82, 2.24) is 25.1 Å². The minimum absolute atomic E-state index is 0.0366. The van der Waals surface area contributed by atoms with Gasteiger partial charge in [0.2, 0.25) is 0 Å². The zero-order valence-electron chi connectivity index (χ0n) is 27.8. The summed E-state index contributed by atoms with van der Waals surface area (Å²) in [6.07, 6.45) is 9.11. The van der Waals surface area contributed by atoms with Crippen LogP contribution >= 0.6 is 0 Å². The van der Waals surface area contributed by atoms with Gasteiger partial charge in [0.05, 0.1) is 11.8 Å². The van der Waals surface area contributed by atoms with E-state index in [1.807, 2.05) is 41.5 Å². The Balaban J connectivity index is 1.25. The Morgan fingerprint density at radius 1 is 1.07 bits per heavy atom. The number of ether oxygens (including phenoxy) is 2. The SMILES string of the molecule is CCN(C(=O)c1cc(F)ccc1Oc1cncnc1NCC1CCN(C[C@H]2CC[C@H](NC(=O)OC(C)(C)C)CC2)CC1)C(C)C. The number of carbonyl (C=O) groups is 2. The first kappa shape index (κ1) is 34.4. The maximum Gasteiger partial charge on any atom is 0.407 e. The average Bonchev–Trinajstić information content (AvgIpc) is 2.98. The second-order valence-corrected chi connectivity index (χ2v) is 13.7. The third kappa shape index (κ3) is 10.3. The molecular formula is C34H51FN6O4. The number of halogens is 1. The Kier molecular flexibility index (Phi) is 12.0. The lowest BCUT2D eigenvalue weighted by Crippen LogP contribution is -2.43. The smallest absolute Gasteiger partial charge is 0.407 e. The van der Waals surface area contributed by atoms with Crippen molar-refractivity contribution in [2.45, 2.75) is 97.8 Å². The lowest BCUT2D eigenvalue weighted by molar-refractivity contribution is 0.0481. The van der Waals surface area contributed by atoms with Gasteiger partial charge in [0.25, 0.3) is 5.91 Å². The minimum atomic E-state index is -0.498. The molecule has 0 spiro atoms. The molecule has 0 atom stereocenters. The van der Waals surface area contributed by atoms with Gasteiger partial charge in [0.1, 0.15) is 23.5 Å². The van der Waals surface area contributed by atoms with E-state index in [2.05, 4.69) is 25.5 Å². The number of rotatable bonds is 11. The summed E-state index contributed by atoms with van der Waals surface area (Å²) in [7, 11) is 0. The Morgan fingerprint density at radius 3 is 2.42 bits per heavy atom. The number of carbonyl (C=O) groups excluding carboxylic acids is 2. The number of anilines is 1.